The lowest BCUT2D eigenvalue weighted by atomic mass is 10.2. The molecular formula is C19H13Cl2NO5. The zero-order valence-corrected chi connectivity index (χ0v) is 15.6. The molecule has 0 bridgehead atoms. The number of carbonyl (C=O) groups excluding carboxylic acids is 2. The zero-order chi connectivity index (χ0) is 19.6. The summed E-state index contributed by atoms with van der Waals surface area (Å²) in [6.07, 6.45) is 0. The fourth-order valence-electron chi connectivity index (χ4n) is 2.35. The van der Waals surface area contributed by atoms with Gasteiger partial charge in [0.05, 0.1) is 21.1 Å². The lowest BCUT2D eigenvalue weighted by Crippen LogP contribution is -2.22. The van der Waals surface area contributed by atoms with Crippen molar-refractivity contribution in [1.29, 1.82) is 0 Å². The van der Waals surface area contributed by atoms with E-state index in [0.29, 0.717) is 10.4 Å². The van der Waals surface area contributed by atoms with Crippen molar-refractivity contribution in [2.75, 3.05) is 11.9 Å². The van der Waals surface area contributed by atoms with Gasteiger partial charge in [0.25, 0.3) is 5.91 Å². The van der Waals surface area contributed by atoms with Crippen LogP contribution in [0.2, 0.25) is 10.0 Å². The second kappa shape index (κ2) is 7.82. The van der Waals surface area contributed by atoms with Gasteiger partial charge in [0.2, 0.25) is 5.76 Å². The summed E-state index contributed by atoms with van der Waals surface area (Å²) in [7, 11) is 0. The van der Waals surface area contributed by atoms with Crippen molar-refractivity contribution in [2.45, 2.75) is 6.92 Å². The summed E-state index contributed by atoms with van der Waals surface area (Å²) in [5, 5.41) is 3.39. The molecule has 6 nitrogen and oxygen atoms in total. The van der Waals surface area contributed by atoms with E-state index in [4.69, 9.17) is 32.4 Å². The highest BCUT2D eigenvalue weighted by Gasteiger charge is 2.17. The van der Waals surface area contributed by atoms with Gasteiger partial charge in [-0.05, 0) is 30.7 Å². The molecule has 138 valence electrons. The molecule has 27 heavy (non-hydrogen) atoms. The number of para-hydroxylation sites is 1. The number of carbonyl (C=O) groups is 2. The molecular weight excluding hydrogens is 393 g/mol. The van der Waals surface area contributed by atoms with Gasteiger partial charge in [0, 0.05) is 6.07 Å². The van der Waals surface area contributed by atoms with Crippen LogP contribution in [-0.4, -0.2) is 18.5 Å². The molecule has 3 aromatic rings. The Bertz CT molecular complexity index is 1110. The standard InChI is InChI=1S/C19H13Cl2NO5/c1-10-6-7-12(20)18(17(10)21)22-16(24)9-26-19(25)15-8-13(23)11-4-2-3-5-14(11)27-15/h2-8H,9H2,1H3,(H,22,24). The van der Waals surface area contributed by atoms with E-state index in [1.807, 2.05) is 0 Å². The second-order valence-corrected chi connectivity index (χ2v) is 6.43. The first-order valence-electron chi connectivity index (χ1n) is 7.81. The number of amides is 1. The lowest BCUT2D eigenvalue weighted by Gasteiger charge is -2.11. The zero-order valence-electron chi connectivity index (χ0n) is 14.0. The average molecular weight is 406 g/mol. The highest BCUT2D eigenvalue weighted by Crippen LogP contribution is 2.32. The molecule has 0 saturated carbocycles. The number of esters is 1. The van der Waals surface area contributed by atoms with E-state index >= 15 is 0 Å². The molecule has 0 unspecified atom stereocenters. The predicted octanol–water partition coefficient (Wildman–Crippen LogP) is 4.20. The molecule has 1 amide bonds. The minimum absolute atomic E-state index is 0.233. The monoisotopic (exact) mass is 405 g/mol. The van der Waals surface area contributed by atoms with Crippen molar-refractivity contribution >= 4 is 51.7 Å². The number of nitrogens with one attached hydrogen (secondary N) is 1. The first-order valence-corrected chi connectivity index (χ1v) is 8.57. The Kier molecular flexibility index (Phi) is 5.48. The second-order valence-electron chi connectivity index (χ2n) is 5.65. The molecule has 0 atom stereocenters. The first-order chi connectivity index (χ1) is 12.9. The summed E-state index contributed by atoms with van der Waals surface area (Å²) in [5.74, 6) is -1.87. The molecule has 0 aliphatic rings. The van der Waals surface area contributed by atoms with Crippen LogP contribution in [0, 0.1) is 6.92 Å². The lowest BCUT2D eigenvalue weighted by molar-refractivity contribution is -0.119. The first kappa shape index (κ1) is 18.9. The Morgan fingerprint density at radius 3 is 2.67 bits per heavy atom. The third kappa shape index (κ3) is 4.13. The topological polar surface area (TPSA) is 85.6 Å². The van der Waals surface area contributed by atoms with E-state index in [0.717, 1.165) is 11.6 Å². The molecule has 0 radical (unpaired) electrons. The molecule has 0 aliphatic carbocycles. The Hall–Kier alpha value is -2.83. The van der Waals surface area contributed by atoms with Gasteiger partial charge >= 0.3 is 5.97 Å². The van der Waals surface area contributed by atoms with E-state index in [9.17, 15) is 14.4 Å². The molecule has 0 aliphatic heterocycles. The van der Waals surface area contributed by atoms with E-state index in [-0.39, 0.29) is 27.5 Å². The van der Waals surface area contributed by atoms with Crippen molar-refractivity contribution < 1.29 is 18.7 Å². The molecule has 1 aromatic heterocycles. The van der Waals surface area contributed by atoms with Crippen LogP contribution >= 0.6 is 23.2 Å². The summed E-state index contributed by atoms with van der Waals surface area (Å²) in [5.41, 5.74) is 0.828. The number of aryl methyl sites for hydroxylation is 1. The van der Waals surface area contributed by atoms with Gasteiger partial charge in [-0.25, -0.2) is 4.79 Å². The number of benzene rings is 2. The number of halogens is 2. The Morgan fingerprint density at radius 1 is 1.15 bits per heavy atom. The van der Waals surface area contributed by atoms with E-state index in [1.54, 1.807) is 43.3 Å². The minimum Gasteiger partial charge on any atom is -0.450 e. The quantitative estimate of drug-likeness (QED) is 0.657. The van der Waals surface area contributed by atoms with Crippen LogP contribution in [0.1, 0.15) is 16.1 Å². The van der Waals surface area contributed by atoms with Gasteiger partial charge in [-0.3, -0.25) is 9.59 Å². The Balaban J connectivity index is 1.70. The molecule has 0 saturated heterocycles. The highest BCUT2D eigenvalue weighted by atomic mass is 35.5. The van der Waals surface area contributed by atoms with E-state index in [2.05, 4.69) is 5.32 Å². The number of fused-ring (bicyclic) bond motifs is 1. The summed E-state index contributed by atoms with van der Waals surface area (Å²) in [6.45, 7) is 1.16. The average Bonchev–Trinajstić information content (AvgIpc) is 2.66. The number of hydrogen-bond acceptors (Lipinski definition) is 5. The minimum atomic E-state index is -0.936. The largest absolute Gasteiger partial charge is 0.450 e. The summed E-state index contributed by atoms with van der Waals surface area (Å²) >= 11 is 12.1. The normalized spacial score (nSPS) is 10.6. The van der Waals surface area contributed by atoms with Crippen LogP contribution in [0.4, 0.5) is 5.69 Å². The van der Waals surface area contributed by atoms with Crippen molar-refractivity contribution in [3.05, 3.63) is 74.1 Å². The summed E-state index contributed by atoms with van der Waals surface area (Å²) in [6, 6.07) is 10.8. The van der Waals surface area contributed by atoms with Crippen LogP contribution in [0.5, 0.6) is 0 Å². The van der Waals surface area contributed by atoms with Gasteiger partial charge in [0.15, 0.2) is 12.0 Å². The molecule has 1 heterocycles. The van der Waals surface area contributed by atoms with Crippen LogP contribution in [0.25, 0.3) is 11.0 Å². The molecule has 1 N–H and O–H groups in total. The Labute approximate surface area is 163 Å². The van der Waals surface area contributed by atoms with Crippen molar-refractivity contribution in [3.63, 3.8) is 0 Å². The molecule has 0 fully saturated rings. The predicted molar refractivity (Wildman–Crippen MR) is 103 cm³/mol. The van der Waals surface area contributed by atoms with Crippen LogP contribution < -0.4 is 10.7 Å². The fourth-order valence-corrected chi connectivity index (χ4v) is 2.82. The molecule has 2 aromatic carbocycles. The number of hydrogen-bond donors (Lipinski definition) is 1. The van der Waals surface area contributed by atoms with Gasteiger partial charge in [-0.15, -0.1) is 0 Å². The maximum absolute atomic E-state index is 12.1. The van der Waals surface area contributed by atoms with Gasteiger partial charge in [-0.1, -0.05) is 41.4 Å². The number of rotatable bonds is 4. The van der Waals surface area contributed by atoms with Gasteiger partial charge < -0.3 is 14.5 Å². The van der Waals surface area contributed by atoms with Crippen molar-refractivity contribution in [3.8, 4) is 0 Å². The number of ether oxygens (including phenoxy) is 1. The van der Waals surface area contributed by atoms with Gasteiger partial charge in [-0.2, -0.15) is 0 Å². The number of anilines is 1. The third-order valence-electron chi connectivity index (χ3n) is 3.72. The fraction of sp³-hybridized carbons (Fsp3) is 0.105. The maximum Gasteiger partial charge on any atom is 0.374 e. The molecule has 0 spiro atoms. The third-order valence-corrected chi connectivity index (χ3v) is 4.52. The molecule has 8 heteroatoms. The van der Waals surface area contributed by atoms with Crippen LogP contribution in [0.3, 0.4) is 0 Å². The van der Waals surface area contributed by atoms with E-state index in [1.165, 1.54) is 0 Å². The Morgan fingerprint density at radius 2 is 1.89 bits per heavy atom. The maximum atomic E-state index is 12.1. The van der Waals surface area contributed by atoms with Gasteiger partial charge in [0.1, 0.15) is 5.58 Å². The highest BCUT2D eigenvalue weighted by molar-refractivity contribution is 6.40. The van der Waals surface area contributed by atoms with Crippen LogP contribution in [-0.2, 0) is 9.53 Å². The smallest absolute Gasteiger partial charge is 0.374 e. The van der Waals surface area contributed by atoms with Crippen molar-refractivity contribution in [2.24, 2.45) is 0 Å². The summed E-state index contributed by atoms with van der Waals surface area (Å²) < 4.78 is 10.3. The summed E-state index contributed by atoms with van der Waals surface area (Å²) in [4.78, 5) is 36.2. The van der Waals surface area contributed by atoms with Crippen molar-refractivity contribution in [1.82, 2.24) is 0 Å². The van der Waals surface area contributed by atoms with Crippen LogP contribution in [0.15, 0.2) is 51.7 Å². The SMILES string of the molecule is Cc1ccc(Cl)c(NC(=O)COC(=O)c2cc(=O)c3ccccc3o2)c1Cl. The van der Waals surface area contributed by atoms with E-state index < -0.39 is 18.5 Å². The molecule has 3 rings (SSSR count).